The average molecular weight is 975 g/mol. The van der Waals surface area contributed by atoms with Crippen molar-refractivity contribution in [1.29, 1.82) is 0 Å². The van der Waals surface area contributed by atoms with Crippen molar-refractivity contribution in [2.45, 2.75) is 290 Å². The molecule has 0 heterocycles. The molecule has 0 atom stereocenters. The van der Waals surface area contributed by atoms with Crippen LogP contribution in [0, 0.1) is 0 Å². The monoisotopic (exact) mass is 975 g/mol. The molecule has 0 bridgehead atoms. The SMILES string of the molecule is CCCCCCCCCCCCCCCCOc1cc(C(=O)[O-])cc(OCCCCCCCCCCCCCCCC)c1OCCCCCCCCCCCCCCCC.[Cs+]. The van der Waals surface area contributed by atoms with E-state index in [0.29, 0.717) is 37.1 Å². The van der Waals surface area contributed by atoms with Crippen molar-refractivity contribution >= 4 is 5.97 Å². The van der Waals surface area contributed by atoms with Crippen LogP contribution in [0.25, 0.3) is 0 Å². The Balaban J connectivity index is 0.0000360. The number of ether oxygens (including phenoxy) is 3. The first-order valence-electron chi connectivity index (χ1n) is 26.9. The summed E-state index contributed by atoms with van der Waals surface area (Å²) in [5.41, 5.74) is 0.0887. The van der Waals surface area contributed by atoms with Gasteiger partial charge in [-0.1, -0.05) is 271 Å². The Morgan fingerprint density at radius 2 is 0.541 bits per heavy atom. The molecule has 0 fully saturated rings. The number of rotatable bonds is 49. The molecule has 0 N–H and O–H groups in total. The molecule has 352 valence electrons. The number of hydrogen-bond acceptors (Lipinski definition) is 5. The summed E-state index contributed by atoms with van der Waals surface area (Å²) in [4.78, 5) is 12.1. The van der Waals surface area contributed by atoms with E-state index in [0.717, 1.165) is 38.5 Å². The third-order valence-electron chi connectivity index (χ3n) is 12.5. The second-order valence-electron chi connectivity index (χ2n) is 18.4. The summed E-state index contributed by atoms with van der Waals surface area (Å²) < 4.78 is 19.0. The van der Waals surface area contributed by atoms with Crippen LogP contribution in [0.5, 0.6) is 17.2 Å². The molecule has 1 aromatic rings. The van der Waals surface area contributed by atoms with E-state index < -0.39 is 5.97 Å². The average Bonchev–Trinajstić information content (AvgIpc) is 3.25. The number of carboxylic acid groups (broad SMARTS) is 1. The summed E-state index contributed by atoms with van der Waals surface area (Å²) in [5, 5.41) is 12.1. The minimum absolute atomic E-state index is 0. The van der Waals surface area contributed by atoms with Gasteiger partial charge in [0.25, 0.3) is 0 Å². The number of carboxylic acids is 1. The summed E-state index contributed by atoms with van der Waals surface area (Å²) in [5.74, 6) is 0.307. The first-order valence-corrected chi connectivity index (χ1v) is 26.9. The van der Waals surface area contributed by atoms with E-state index in [1.54, 1.807) is 12.1 Å². The van der Waals surface area contributed by atoms with Gasteiger partial charge >= 0.3 is 68.9 Å². The maximum atomic E-state index is 12.1. The van der Waals surface area contributed by atoms with Crippen molar-refractivity contribution in [3.8, 4) is 17.2 Å². The number of carbonyl (C=O) groups is 1. The summed E-state index contributed by atoms with van der Waals surface area (Å²) in [7, 11) is 0. The van der Waals surface area contributed by atoms with Crippen LogP contribution in [0.1, 0.15) is 301 Å². The summed E-state index contributed by atoms with van der Waals surface area (Å²) in [6, 6.07) is 3.16. The molecule has 0 saturated heterocycles. The molecule has 1 rings (SSSR count). The van der Waals surface area contributed by atoms with Crippen LogP contribution in [-0.2, 0) is 0 Å². The molecule has 0 spiro atoms. The third kappa shape index (κ3) is 40.2. The molecule has 6 heteroatoms. The molecule has 0 saturated carbocycles. The minimum atomic E-state index is -1.21. The van der Waals surface area contributed by atoms with E-state index in [-0.39, 0.29) is 74.5 Å². The third-order valence-corrected chi connectivity index (χ3v) is 12.5. The number of unbranched alkanes of at least 4 members (excludes halogenated alkanes) is 39. The van der Waals surface area contributed by atoms with E-state index in [2.05, 4.69) is 20.8 Å². The number of benzene rings is 1. The van der Waals surface area contributed by atoms with Crippen molar-refractivity contribution in [3.63, 3.8) is 0 Å². The van der Waals surface area contributed by atoms with E-state index in [9.17, 15) is 9.90 Å². The van der Waals surface area contributed by atoms with Gasteiger partial charge in [-0.25, -0.2) is 0 Å². The van der Waals surface area contributed by atoms with Crippen molar-refractivity contribution in [3.05, 3.63) is 17.7 Å². The van der Waals surface area contributed by atoms with Gasteiger partial charge in [-0.05, 0) is 31.4 Å². The summed E-state index contributed by atoms with van der Waals surface area (Å²) in [6.45, 7) is 8.52. The Labute approximate surface area is 439 Å². The number of carbonyl (C=O) groups excluding carboxylic acids is 1. The first kappa shape index (κ1) is 61.1. The first-order chi connectivity index (χ1) is 29.6. The van der Waals surface area contributed by atoms with Gasteiger partial charge in [-0.3, -0.25) is 0 Å². The van der Waals surface area contributed by atoms with Gasteiger partial charge in [-0.15, -0.1) is 0 Å². The Bertz CT molecular complexity index is 992. The zero-order chi connectivity index (χ0) is 43.2. The minimum Gasteiger partial charge on any atom is -0.545 e. The van der Waals surface area contributed by atoms with E-state index >= 15 is 0 Å². The van der Waals surface area contributed by atoms with Gasteiger partial charge in [-0.2, -0.15) is 0 Å². The smallest absolute Gasteiger partial charge is 0.545 e. The Kier molecular flexibility index (Phi) is 49.7. The van der Waals surface area contributed by atoms with Crippen LogP contribution in [0.2, 0.25) is 0 Å². The molecule has 0 unspecified atom stereocenters. The molecule has 61 heavy (non-hydrogen) atoms. The Morgan fingerprint density at radius 1 is 0.344 bits per heavy atom. The number of aromatic carboxylic acids is 1. The van der Waals surface area contributed by atoms with Crippen molar-refractivity contribution in [1.82, 2.24) is 0 Å². The van der Waals surface area contributed by atoms with Crippen molar-refractivity contribution in [2.75, 3.05) is 19.8 Å². The largest absolute Gasteiger partial charge is 1.00 e. The fourth-order valence-corrected chi connectivity index (χ4v) is 8.48. The Hall–Kier alpha value is 0.142. The van der Waals surface area contributed by atoms with Crippen molar-refractivity contribution < 1.29 is 93.0 Å². The van der Waals surface area contributed by atoms with Crippen LogP contribution in [0.15, 0.2) is 12.1 Å². The van der Waals surface area contributed by atoms with E-state index in [1.807, 2.05) is 0 Å². The van der Waals surface area contributed by atoms with E-state index in [4.69, 9.17) is 14.2 Å². The summed E-state index contributed by atoms with van der Waals surface area (Å²) >= 11 is 0. The molecule has 0 radical (unpaired) electrons. The molecule has 0 aromatic heterocycles. The molecular formula is C55H101CsO5. The Morgan fingerprint density at radius 3 is 0.754 bits per heavy atom. The van der Waals surface area contributed by atoms with E-state index in [1.165, 1.54) is 231 Å². The van der Waals surface area contributed by atoms with Crippen LogP contribution in [-0.4, -0.2) is 25.8 Å². The van der Waals surface area contributed by atoms with Crippen LogP contribution in [0.3, 0.4) is 0 Å². The fourth-order valence-electron chi connectivity index (χ4n) is 8.48. The molecule has 1 aromatic carbocycles. The molecule has 0 aliphatic carbocycles. The van der Waals surface area contributed by atoms with Crippen LogP contribution < -0.4 is 88.2 Å². The van der Waals surface area contributed by atoms with Gasteiger partial charge in [0.05, 0.1) is 25.8 Å². The zero-order valence-corrected chi connectivity index (χ0v) is 47.8. The molecular weight excluding hydrogens is 874 g/mol. The molecule has 0 amide bonds. The van der Waals surface area contributed by atoms with Gasteiger partial charge < -0.3 is 24.1 Å². The second-order valence-corrected chi connectivity index (χ2v) is 18.4. The van der Waals surface area contributed by atoms with Crippen LogP contribution in [0.4, 0.5) is 0 Å². The fraction of sp³-hybridized carbons (Fsp3) is 0.873. The maximum absolute atomic E-state index is 12.1. The standard InChI is InChI=1S/C55H102O5.Cs/c1-4-7-10-13-16-19-22-25-28-31-34-37-40-43-46-58-52-49-51(55(56)57)50-53(59-47-44-41-38-35-32-29-26-23-20-17-14-11-8-5-2)54(52)60-48-45-42-39-36-33-30-27-24-21-18-15-12-9-6-3;/h49-50H,4-48H2,1-3H3,(H,56,57);/q;+1/p-1. The summed E-state index contributed by atoms with van der Waals surface area (Å²) in [6.07, 6.45) is 55.1. The quantitative estimate of drug-likeness (QED) is 0.0609. The van der Waals surface area contributed by atoms with Gasteiger partial charge in [0.2, 0.25) is 5.75 Å². The number of hydrogen-bond donors (Lipinski definition) is 0. The van der Waals surface area contributed by atoms with Gasteiger partial charge in [0.1, 0.15) is 0 Å². The van der Waals surface area contributed by atoms with Crippen molar-refractivity contribution in [2.24, 2.45) is 0 Å². The zero-order valence-electron chi connectivity index (χ0n) is 41.5. The molecule has 5 nitrogen and oxygen atoms in total. The van der Waals surface area contributed by atoms with Gasteiger partial charge in [0, 0.05) is 5.56 Å². The maximum Gasteiger partial charge on any atom is 1.00 e. The normalized spacial score (nSPS) is 11.2. The van der Waals surface area contributed by atoms with Crippen LogP contribution >= 0.6 is 0 Å². The molecule has 0 aliphatic rings. The topological polar surface area (TPSA) is 67.8 Å². The second kappa shape index (κ2) is 49.6. The predicted molar refractivity (Wildman–Crippen MR) is 258 cm³/mol. The van der Waals surface area contributed by atoms with Gasteiger partial charge in [0.15, 0.2) is 11.5 Å². The predicted octanol–water partition coefficient (Wildman–Crippen LogP) is 14.6. The molecule has 0 aliphatic heterocycles.